The molecule has 5 rings (SSSR count). The lowest BCUT2D eigenvalue weighted by Gasteiger charge is -2.51. The molecule has 0 radical (unpaired) electrons. The number of hydrogen-bond acceptors (Lipinski definition) is 7. The van der Waals surface area contributed by atoms with E-state index in [9.17, 15) is 9.90 Å². The number of carboxylic acids is 1. The zero-order valence-corrected chi connectivity index (χ0v) is 18.4. The molecule has 0 amide bonds. The minimum atomic E-state index is -0.655. The molecule has 1 spiro atoms. The van der Waals surface area contributed by atoms with Crippen LogP contribution in [0.25, 0.3) is 11.3 Å². The van der Waals surface area contributed by atoms with E-state index in [4.69, 9.17) is 24.2 Å². The Labute approximate surface area is 187 Å². The van der Waals surface area contributed by atoms with Crippen LogP contribution in [0.2, 0.25) is 0 Å². The summed E-state index contributed by atoms with van der Waals surface area (Å²) < 4.78 is 16.2. The van der Waals surface area contributed by atoms with Gasteiger partial charge in [-0.3, -0.25) is 9.78 Å². The molecule has 32 heavy (non-hydrogen) atoms. The second-order valence-electron chi connectivity index (χ2n) is 9.13. The summed E-state index contributed by atoms with van der Waals surface area (Å²) in [5, 5.41) is 9.27. The Morgan fingerprint density at radius 3 is 2.78 bits per heavy atom. The van der Waals surface area contributed by atoms with Crippen LogP contribution in [-0.2, 0) is 16.0 Å². The predicted octanol–water partition coefficient (Wildman–Crippen LogP) is 3.53. The second kappa shape index (κ2) is 8.58. The molecule has 3 heterocycles. The van der Waals surface area contributed by atoms with Crippen LogP contribution in [0.4, 0.5) is 5.82 Å². The van der Waals surface area contributed by atoms with Gasteiger partial charge in [-0.1, -0.05) is 0 Å². The van der Waals surface area contributed by atoms with Crippen molar-refractivity contribution in [2.45, 2.75) is 38.5 Å². The smallest absolute Gasteiger partial charge is 0.306 e. The number of aliphatic carboxylic acids is 1. The Bertz CT molecular complexity index is 995. The Morgan fingerprint density at radius 1 is 1.25 bits per heavy atom. The lowest BCUT2D eigenvalue weighted by Crippen LogP contribution is -2.49. The fourth-order valence-corrected chi connectivity index (χ4v) is 5.16. The average molecular weight is 440 g/mol. The molecule has 1 aromatic carbocycles. The van der Waals surface area contributed by atoms with Crippen LogP contribution in [0.15, 0.2) is 24.4 Å². The largest absolute Gasteiger partial charge is 0.481 e. The molecular weight excluding hydrogens is 410 g/mol. The number of aromatic nitrogens is 2. The number of ether oxygens (including phenoxy) is 3. The number of carbonyl (C=O) groups is 1. The van der Waals surface area contributed by atoms with E-state index in [2.05, 4.69) is 4.90 Å². The monoisotopic (exact) mass is 439 g/mol. The van der Waals surface area contributed by atoms with Crippen molar-refractivity contribution in [3.05, 3.63) is 30.1 Å². The van der Waals surface area contributed by atoms with E-state index in [0.717, 1.165) is 85.9 Å². The minimum Gasteiger partial charge on any atom is -0.481 e. The average Bonchev–Trinajstić information content (AvgIpc) is 3.25. The highest BCUT2D eigenvalue weighted by Crippen LogP contribution is 2.53. The number of carboxylic acid groups (broad SMARTS) is 1. The Morgan fingerprint density at radius 2 is 2.03 bits per heavy atom. The van der Waals surface area contributed by atoms with Gasteiger partial charge in [0.1, 0.15) is 5.69 Å². The highest BCUT2D eigenvalue weighted by atomic mass is 16.7. The van der Waals surface area contributed by atoms with E-state index >= 15 is 0 Å². The number of aryl methyl sites for hydroxylation is 1. The van der Waals surface area contributed by atoms with Gasteiger partial charge >= 0.3 is 5.97 Å². The molecule has 0 atom stereocenters. The van der Waals surface area contributed by atoms with Gasteiger partial charge in [0.05, 0.1) is 11.6 Å². The van der Waals surface area contributed by atoms with E-state index in [1.807, 2.05) is 24.4 Å². The molecular formula is C24H29N3O5. The van der Waals surface area contributed by atoms with E-state index in [1.165, 1.54) is 0 Å². The van der Waals surface area contributed by atoms with E-state index in [-0.39, 0.29) is 18.1 Å². The van der Waals surface area contributed by atoms with Crippen molar-refractivity contribution in [2.24, 2.45) is 11.3 Å². The van der Waals surface area contributed by atoms with E-state index < -0.39 is 5.97 Å². The lowest BCUT2D eigenvalue weighted by molar-refractivity contribution is -0.151. The number of rotatable bonds is 7. The molecule has 1 N–H and O–H groups in total. The lowest BCUT2D eigenvalue weighted by atomic mass is 9.57. The molecule has 1 aliphatic carbocycles. The molecule has 2 fully saturated rings. The number of fused-ring (bicyclic) bond motifs is 1. The maximum atomic E-state index is 11.3. The normalized spacial score (nSPS) is 19.2. The fourth-order valence-electron chi connectivity index (χ4n) is 5.16. The predicted molar refractivity (Wildman–Crippen MR) is 118 cm³/mol. The standard InChI is InChI=1S/C24H29N3O5/c1-30-10-2-3-18-14-25-21(16-4-5-19-20(11-16)32-15-31-19)22(26-18)27-8-6-24(7-9-27)12-17(13-24)23(28)29/h4-5,11,14,17H,2-3,6-10,12-13,15H2,1H3,(H,28,29). The van der Waals surface area contributed by atoms with Gasteiger partial charge in [-0.25, -0.2) is 4.98 Å². The molecule has 3 aliphatic rings. The van der Waals surface area contributed by atoms with Crippen molar-refractivity contribution in [3.63, 3.8) is 0 Å². The number of nitrogens with zero attached hydrogens (tertiary/aromatic N) is 3. The molecule has 1 saturated heterocycles. The van der Waals surface area contributed by atoms with E-state index in [1.54, 1.807) is 7.11 Å². The zero-order valence-electron chi connectivity index (χ0n) is 18.4. The van der Waals surface area contributed by atoms with Crippen molar-refractivity contribution >= 4 is 11.8 Å². The molecule has 0 bridgehead atoms. The third-order valence-corrected chi connectivity index (χ3v) is 7.06. The Kier molecular flexibility index (Phi) is 5.63. The van der Waals surface area contributed by atoms with Gasteiger partial charge in [-0.05, 0) is 62.1 Å². The molecule has 1 saturated carbocycles. The molecule has 8 heteroatoms. The van der Waals surface area contributed by atoms with Gasteiger partial charge < -0.3 is 24.2 Å². The van der Waals surface area contributed by atoms with Crippen molar-refractivity contribution < 1.29 is 24.1 Å². The highest BCUT2D eigenvalue weighted by molar-refractivity contribution is 5.75. The van der Waals surface area contributed by atoms with Crippen LogP contribution in [-0.4, -0.2) is 54.6 Å². The zero-order chi connectivity index (χ0) is 22.1. The maximum Gasteiger partial charge on any atom is 0.306 e. The number of methoxy groups -OCH3 is 1. The van der Waals surface area contributed by atoms with E-state index in [0.29, 0.717) is 6.61 Å². The van der Waals surface area contributed by atoms with Crippen molar-refractivity contribution in [3.8, 4) is 22.8 Å². The van der Waals surface area contributed by atoms with Crippen LogP contribution < -0.4 is 14.4 Å². The quantitative estimate of drug-likeness (QED) is 0.655. The van der Waals surface area contributed by atoms with Crippen LogP contribution in [0.1, 0.15) is 37.8 Å². The maximum absolute atomic E-state index is 11.3. The summed E-state index contributed by atoms with van der Waals surface area (Å²) in [5.41, 5.74) is 2.93. The Hall–Kier alpha value is -2.87. The van der Waals surface area contributed by atoms with Crippen molar-refractivity contribution in [2.75, 3.05) is 38.5 Å². The third kappa shape index (κ3) is 3.99. The first kappa shape index (κ1) is 21.0. The molecule has 1 aromatic heterocycles. The van der Waals surface area contributed by atoms with Crippen molar-refractivity contribution in [1.82, 2.24) is 9.97 Å². The molecule has 8 nitrogen and oxygen atoms in total. The minimum absolute atomic E-state index is 0.172. The number of anilines is 1. The third-order valence-electron chi connectivity index (χ3n) is 7.06. The van der Waals surface area contributed by atoms with Crippen LogP contribution in [0.3, 0.4) is 0 Å². The van der Waals surface area contributed by atoms with Gasteiger partial charge in [-0.15, -0.1) is 0 Å². The van der Waals surface area contributed by atoms with Gasteiger partial charge in [0.25, 0.3) is 0 Å². The first-order valence-electron chi connectivity index (χ1n) is 11.3. The first-order chi connectivity index (χ1) is 15.6. The van der Waals surface area contributed by atoms with Gasteiger partial charge in [-0.2, -0.15) is 0 Å². The molecule has 170 valence electrons. The van der Waals surface area contributed by atoms with Gasteiger partial charge in [0, 0.05) is 38.6 Å². The summed E-state index contributed by atoms with van der Waals surface area (Å²) >= 11 is 0. The number of piperidine rings is 1. The SMILES string of the molecule is COCCCc1cnc(-c2ccc3c(c2)OCO3)c(N2CCC3(CC2)CC(C(=O)O)C3)n1. The number of hydrogen-bond donors (Lipinski definition) is 1. The summed E-state index contributed by atoms with van der Waals surface area (Å²) in [5.74, 6) is 1.54. The number of benzene rings is 1. The summed E-state index contributed by atoms with van der Waals surface area (Å²) in [6.45, 7) is 2.65. The topological polar surface area (TPSA) is 94.0 Å². The summed E-state index contributed by atoms with van der Waals surface area (Å²) in [4.78, 5) is 23.4. The van der Waals surface area contributed by atoms with Gasteiger partial charge in [0.15, 0.2) is 17.3 Å². The highest BCUT2D eigenvalue weighted by Gasteiger charge is 2.48. The fraction of sp³-hybridized carbons (Fsp3) is 0.542. The molecule has 2 aliphatic heterocycles. The Balaban J connectivity index is 1.39. The summed E-state index contributed by atoms with van der Waals surface area (Å²) in [7, 11) is 1.71. The summed E-state index contributed by atoms with van der Waals surface area (Å²) in [6.07, 6.45) is 7.15. The summed E-state index contributed by atoms with van der Waals surface area (Å²) in [6, 6.07) is 5.89. The van der Waals surface area contributed by atoms with Crippen LogP contribution in [0.5, 0.6) is 11.5 Å². The van der Waals surface area contributed by atoms with Crippen LogP contribution in [0, 0.1) is 11.3 Å². The first-order valence-corrected chi connectivity index (χ1v) is 11.3. The van der Waals surface area contributed by atoms with Crippen LogP contribution >= 0.6 is 0 Å². The molecule has 0 unspecified atom stereocenters. The molecule has 2 aromatic rings. The van der Waals surface area contributed by atoms with Crippen molar-refractivity contribution in [1.29, 1.82) is 0 Å². The second-order valence-corrected chi connectivity index (χ2v) is 9.13. The van der Waals surface area contributed by atoms with Gasteiger partial charge in [0.2, 0.25) is 6.79 Å².